The number of furan rings is 1. The van der Waals surface area contributed by atoms with Crippen LogP contribution in [-0.4, -0.2) is 64.0 Å². The fraction of sp³-hybridized carbons (Fsp3) is 0.706. The maximum Gasteiger partial charge on any atom is 0.191 e. The lowest BCUT2D eigenvalue weighted by molar-refractivity contribution is 0.193. The fourth-order valence-corrected chi connectivity index (χ4v) is 3.42. The SMILES string of the molecule is CCN(CC)C(CNC(=NC)NC(C)CCS(C)(=O)=O)c1ccco1. The first kappa shape index (κ1) is 21.5. The van der Waals surface area contributed by atoms with E-state index in [1.54, 1.807) is 13.3 Å². The lowest BCUT2D eigenvalue weighted by atomic mass is 10.2. The molecule has 0 aliphatic rings. The first-order valence-corrected chi connectivity index (χ1v) is 10.8. The van der Waals surface area contributed by atoms with E-state index in [2.05, 4.69) is 34.4 Å². The number of rotatable bonds is 10. The number of likely N-dealkylation sites (N-methyl/N-ethyl adjacent to an activating group) is 1. The van der Waals surface area contributed by atoms with Crippen LogP contribution in [0.5, 0.6) is 0 Å². The first-order chi connectivity index (χ1) is 11.8. The molecular formula is C17H32N4O3S. The number of nitrogens with one attached hydrogen (secondary N) is 2. The molecule has 1 aromatic rings. The summed E-state index contributed by atoms with van der Waals surface area (Å²) < 4.78 is 28.2. The van der Waals surface area contributed by atoms with Crippen molar-refractivity contribution in [2.24, 2.45) is 4.99 Å². The van der Waals surface area contributed by atoms with Crippen molar-refractivity contribution >= 4 is 15.8 Å². The molecule has 1 rings (SSSR count). The van der Waals surface area contributed by atoms with Crippen LogP contribution in [0.4, 0.5) is 0 Å². The van der Waals surface area contributed by atoms with Crippen molar-refractivity contribution in [2.45, 2.75) is 39.3 Å². The third-order valence-electron chi connectivity index (χ3n) is 4.12. The Morgan fingerprint density at radius 1 is 1.36 bits per heavy atom. The van der Waals surface area contributed by atoms with Crippen molar-refractivity contribution in [3.05, 3.63) is 24.2 Å². The number of aliphatic imine (C=N–C) groups is 1. The van der Waals surface area contributed by atoms with Gasteiger partial charge in [0.15, 0.2) is 5.96 Å². The minimum absolute atomic E-state index is 0.0106. The highest BCUT2D eigenvalue weighted by atomic mass is 32.2. The van der Waals surface area contributed by atoms with Crippen LogP contribution >= 0.6 is 0 Å². The van der Waals surface area contributed by atoms with Crippen molar-refractivity contribution in [1.29, 1.82) is 0 Å². The zero-order valence-corrected chi connectivity index (χ0v) is 16.8. The van der Waals surface area contributed by atoms with E-state index >= 15 is 0 Å². The maximum absolute atomic E-state index is 11.3. The van der Waals surface area contributed by atoms with Crippen LogP contribution < -0.4 is 10.6 Å². The second-order valence-corrected chi connectivity index (χ2v) is 8.43. The van der Waals surface area contributed by atoms with Gasteiger partial charge < -0.3 is 15.1 Å². The summed E-state index contributed by atoms with van der Waals surface area (Å²) in [5.41, 5.74) is 0. The highest BCUT2D eigenvalue weighted by molar-refractivity contribution is 7.90. The van der Waals surface area contributed by atoms with E-state index in [-0.39, 0.29) is 17.8 Å². The summed E-state index contributed by atoms with van der Waals surface area (Å²) in [5, 5.41) is 6.56. The average Bonchev–Trinajstić information content (AvgIpc) is 3.09. The highest BCUT2D eigenvalue weighted by Gasteiger charge is 2.21. The molecule has 1 heterocycles. The molecule has 0 saturated carbocycles. The molecule has 0 amide bonds. The minimum atomic E-state index is -2.95. The van der Waals surface area contributed by atoms with E-state index in [1.807, 2.05) is 19.1 Å². The van der Waals surface area contributed by atoms with E-state index in [9.17, 15) is 8.42 Å². The Balaban J connectivity index is 2.63. The molecular weight excluding hydrogens is 340 g/mol. The lowest BCUT2D eigenvalue weighted by Gasteiger charge is -2.29. The van der Waals surface area contributed by atoms with Gasteiger partial charge in [-0.1, -0.05) is 13.8 Å². The average molecular weight is 373 g/mol. The zero-order valence-electron chi connectivity index (χ0n) is 15.9. The molecule has 144 valence electrons. The van der Waals surface area contributed by atoms with E-state index in [1.165, 1.54) is 6.26 Å². The molecule has 0 saturated heterocycles. The van der Waals surface area contributed by atoms with E-state index in [0.29, 0.717) is 18.9 Å². The summed E-state index contributed by atoms with van der Waals surface area (Å²) in [6.45, 7) is 8.68. The van der Waals surface area contributed by atoms with Gasteiger partial charge in [0.05, 0.1) is 18.1 Å². The Bertz CT molecular complexity index is 610. The zero-order chi connectivity index (χ0) is 18.9. The molecule has 1 aromatic heterocycles. The highest BCUT2D eigenvalue weighted by Crippen LogP contribution is 2.20. The summed E-state index contributed by atoms with van der Waals surface area (Å²) in [7, 11) is -1.25. The third-order valence-corrected chi connectivity index (χ3v) is 5.09. The molecule has 0 spiro atoms. The number of guanidine groups is 1. The van der Waals surface area contributed by atoms with Crippen LogP contribution in [0.15, 0.2) is 27.8 Å². The van der Waals surface area contributed by atoms with Gasteiger partial charge in [0.25, 0.3) is 0 Å². The van der Waals surface area contributed by atoms with Gasteiger partial charge in [-0.3, -0.25) is 9.89 Å². The predicted octanol–water partition coefficient (Wildman–Crippen LogP) is 1.65. The summed E-state index contributed by atoms with van der Waals surface area (Å²) in [4.78, 5) is 6.54. The summed E-state index contributed by atoms with van der Waals surface area (Å²) in [5.74, 6) is 1.73. The van der Waals surface area contributed by atoms with Gasteiger partial charge in [0.2, 0.25) is 0 Å². The number of sulfone groups is 1. The van der Waals surface area contributed by atoms with Gasteiger partial charge in [0, 0.05) is 25.9 Å². The summed E-state index contributed by atoms with van der Waals surface area (Å²) in [6.07, 6.45) is 3.48. The molecule has 0 bridgehead atoms. The molecule has 0 aromatic carbocycles. The van der Waals surface area contributed by atoms with Gasteiger partial charge >= 0.3 is 0 Å². The van der Waals surface area contributed by atoms with Gasteiger partial charge in [0.1, 0.15) is 15.6 Å². The van der Waals surface area contributed by atoms with Crippen molar-refractivity contribution in [2.75, 3.05) is 38.7 Å². The Morgan fingerprint density at radius 2 is 2.04 bits per heavy atom. The molecule has 0 fully saturated rings. The van der Waals surface area contributed by atoms with E-state index in [0.717, 1.165) is 18.8 Å². The number of nitrogens with zero attached hydrogens (tertiary/aromatic N) is 2. The summed E-state index contributed by atoms with van der Waals surface area (Å²) in [6, 6.07) is 3.99. The topological polar surface area (TPSA) is 86.9 Å². The molecule has 7 nitrogen and oxygen atoms in total. The molecule has 25 heavy (non-hydrogen) atoms. The van der Waals surface area contributed by atoms with Gasteiger partial charge in [-0.2, -0.15) is 0 Å². The smallest absolute Gasteiger partial charge is 0.191 e. The fourth-order valence-electron chi connectivity index (χ4n) is 2.64. The third kappa shape index (κ3) is 7.92. The number of hydrogen-bond donors (Lipinski definition) is 2. The molecule has 2 unspecified atom stereocenters. The van der Waals surface area contributed by atoms with Gasteiger partial charge in [-0.05, 0) is 38.6 Å². The lowest BCUT2D eigenvalue weighted by Crippen LogP contribution is -2.46. The largest absolute Gasteiger partial charge is 0.468 e. The monoisotopic (exact) mass is 372 g/mol. The van der Waals surface area contributed by atoms with Crippen LogP contribution in [0, 0.1) is 0 Å². The molecule has 8 heteroatoms. The Labute approximate surface area is 151 Å². The Hall–Kier alpha value is -1.54. The van der Waals surface area contributed by atoms with Crippen molar-refractivity contribution in [3.8, 4) is 0 Å². The predicted molar refractivity (Wildman–Crippen MR) is 103 cm³/mol. The van der Waals surface area contributed by atoms with Crippen molar-refractivity contribution in [3.63, 3.8) is 0 Å². The second-order valence-electron chi connectivity index (χ2n) is 6.17. The Morgan fingerprint density at radius 3 is 2.52 bits per heavy atom. The minimum Gasteiger partial charge on any atom is -0.468 e. The molecule has 0 radical (unpaired) electrons. The molecule has 2 atom stereocenters. The van der Waals surface area contributed by atoms with Crippen molar-refractivity contribution in [1.82, 2.24) is 15.5 Å². The maximum atomic E-state index is 11.3. The quantitative estimate of drug-likeness (QED) is 0.480. The van der Waals surface area contributed by atoms with Gasteiger partial charge in [-0.25, -0.2) is 8.42 Å². The molecule has 0 aliphatic carbocycles. The van der Waals surface area contributed by atoms with Gasteiger partial charge in [-0.15, -0.1) is 0 Å². The Kier molecular flexibility index (Phi) is 8.99. The normalized spacial score (nSPS) is 15.2. The van der Waals surface area contributed by atoms with Crippen LogP contribution in [-0.2, 0) is 9.84 Å². The standard InChI is InChI=1S/C17H32N4O3S/c1-6-21(7-2)15(16-9-8-11-24-16)13-19-17(18-4)20-14(3)10-12-25(5,22)23/h8-9,11,14-15H,6-7,10,12-13H2,1-5H3,(H2,18,19,20). The second kappa shape index (κ2) is 10.5. The molecule has 2 N–H and O–H groups in total. The van der Waals surface area contributed by atoms with E-state index in [4.69, 9.17) is 4.42 Å². The van der Waals surface area contributed by atoms with Crippen LogP contribution in [0.2, 0.25) is 0 Å². The van der Waals surface area contributed by atoms with E-state index < -0.39 is 9.84 Å². The first-order valence-electron chi connectivity index (χ1n) is 8.73. The van der Waals surface area contributed by atoms with Crippen LogP contribution in [0.1, 0.15) is 39.0 Å². The van der Waals surface area contributed by atoms with Crippen LogP contribution in [0.3, 0.4) is 0 Å². The molecule has 0 aliphatic heterocycles. The number of hydrogen-bond acceptors (Lipinski definition) is 5. The summed E-state index contributed by atoms with van der Waals surface area (Å²) >= 11 is 0. The van der Waals surface area contributed by atoms with Crippen LogP contribution in [0.25, 0.3) is 0 Å². The van der Waals surface area contributed by atoms with Crippen molar-refractivity contribution < 1.29 is 12.8 Å².